The fourth-order valence-electron chi connectivity index (χ4n) is 2.03. The Kier molecular flexibility index (Phi) is 6.12. The summed E-state index contributed by atoms with van der Waals surface area (Å²) < 4.78 is 0. The summed E-state index contributed by atoms with van der Waals surface area (Å²) in [4.78, 5) is 25.1. The van der Waals surface area contributed by atoms with Gasteiger partial charge in [-0.1, -0.05) is 13.8 Å². The van der Waals surface area contributed by atoms with Crippen LogP contribution in [0.5, 0.6) is 0 Å². The Labute approximate surface area is 109 Å². The first-order valence-corrected chi connectivity index (χ1v) is 6.73. The summed E-state index contributed by atoms with van der Waals surface area (Å²) in [6, 6.07) is 0.196. The van der Waals surface area contributed by atoms with E-state index in [1.54, 1.807) is 0 Å². The molecule has 1 fully saturated rings. The number of aliphatic hydroxyl groups is 1. The monoisotopic (exact) mass is 256 g/mol. The minimum atomic E-state index is 0.00853. The highest BCUT2D eigenvalue weighted by atomic mass is 16.3. The third kappa shape index (κ3) is 4.64. The lowest BCUT2D eigenvalue weighted by molar-refractivity contribution is -0.132. The van der Waals surface area contributed by atoms with E-state index in [0.717, 1.165) is 12.8 Å². The van der Waals surface area contributed by atoms with Crippen LogP contribution in [-0.4, -0.2) is 47.6 Å². The van der Waals surface area contributed by atoms with Crippen molar-refractivity contribution in [1.29, 1.82) is 0 Å². The molecule has 104 valence electrons. The van der Waals surface area contributed by atoms with Crippen molar-refractivity contribution >= 4 is 11.8 Å². The first kappa shape index (κ1) is 15.0. The van der Waals surface area contributed by atoms with E-state index >= 15 is 0 Å². The maximum Gasteiger partial charge on any atom is 0.222 e. The van der Waals surface area contributed by atoms with Gasteiger partial charge in [0, 0.05) is 38.1 Å². The highest BCUT2D eigenvalue weighted by molar-refractivity contribution is 5.78. The molecule has 0 aliphatic carbocycles. The van der Waals surface area contributed by atoms with E-state index in [1.165, 1.54) is 0 Å². The number of rotatable bonds is 5. The van der Waals surface area contributed by atoms with Crippen molar-refractivity contribution in [3.63, 3.8) is 0 Å². The number of nitrogens with zero attached hydrogens (tertiary/aromatic N) is 1. The fraction of sp³-hybridized carbons (Fsp3) is 0.846. The van der Waals surface area contributed by atoms with E-state index in [4.69, 9.17) is 5.11 Å². The molecule has 1 saturated heterocycles. The third-order valence-corrected chi connectivity index (χ3v) is 3.27. The van der Waals surface area contributed by atoms with Crippen LogP contribution >= 0.6 is 0 Å². The summed E-state index contributed by atoms with van der Waals surface area (Å²) >= 11 is 0. The number of hydrogen-bond donors (Lipinski definition) is 2. The van der Waals surface area contributed by atoms with Crippen LogP contribution in [0, 0.1) is 5.92 Å². The predicted octanol–water partition coefficient (Wildman–Crippen LogP) is 0.522. The molecule has 2 N–H and O–H groups in total. The topological polar surface area (TPSA) is 69.6 Å². The minimum absolute atomic E-state index is 0.00853. The molecule has 0 radical (unpaired) electrons. The van der Waals surface area contributed by atoms with Crippen molar-refractivity contribution in [2.45, 2.75) is 45.6 Å². The van der Waals surface area contributed by atoms with Crippen LogP contribution in [0.2, 0.25) is 0 Å². The molecule has 1 rings (SSSR count). The van der Waals surface area contributed by atoms with Crippen LogP contribution in [0.1, 0.15) is 39.5 Å². The van der Waals surface area contributed by atoms with Crippen molar-refractivity contribution in [3.05, 3.63) is 0 Å². The lowest BCUT2D eigenvalue weighted by atomic mass is 10.0. The molecule has 18 heavy (non-hydrogen) atoms. The summed E-state index contributed by atoms with van der Waals surface area (Å²) in [7, 11) is 0. The lowest BCUT2D eigenvalue weighted by Crippen LogP contribution is -2.47. The molecule has 0 spiro atoms. The zero-order valence-corrected chi connectivity index (χ0v) is 11.3. The maximum absolute atomic E-state index is 11.7. The molecule has 0 unspecified atom stereocenters. The lowest BCUT2D eigenvalue weighted by Gasteiger charge is -2.32. The van der Waals surface area contributed by atoms with Crippen LogP contribution in [0.3, 0.4) is 0 Å². The first-order valence-electron chi connectivity index (χ1n) is 6.73. The molecule has 0 aromatic rings. The zero-order valence-electron chi connectivity index (χ0n) is 11.3. The summed E-state index contributed by atoms with van der Waals surface area (Å²) in [5.41, 5.74) is 0. The van der Waals surface area contributed by atoms with Gasteiger partial charge in [0.25, 0.3) is 0 Å². The van der Waals surface area contributed by atoms with Gasteiger partial charge in [-0.3, -0.25) is 9.59 Å². The first-order chi connectivity index (χ1) is 8.54. The zero-order chi connectivity index (χ0) is 13.5. The van der Waals surface area contributed by atoms with Gasteiger partial charge in [0.1, 0.15) is 0 Å². The summed E-state index contributed by atoms with van der Waals surface area (Å²) in [6.07, 6.45) is 2.59. The van der Waals surface area contributed by atoms with Gasteiger partial charge >= 0.3 is 0 Å². The minimum Gasteiger partial charge on any atom is -0.396 e. The number of amides is 2. The quantitative estimate of drug-likeness (QED) is 0.753. The van der Waals surface area contributed by atoms with Gasteiger partial charge < -0.3 is 15.3 Å². The van der Waals surface area contributed by atoms with Crippen LogP contribution < -0.4 is 5.32 Å². The molecule has 0 atom stereocenters. The van der Waals surface area contributed by atoms with Crippen molar-refractivity contribution in [2.24, 2.45) is 5.92 Å². The summed E-state index contributed by atoms with van der Waals surface area (Å²) in [6.45, 7) is 5.22. The number of carbonyl (C=O) groups excluding carboxylic acids is 2. The molecule has 0 aromatic carbocycles. The SMILES string of the molecule is CC(C)C(=O)NC1CCN(C(=O)CCCO)CC1. The number of piperidine rings is 1. The van der Waals surface area contributed by atoms with E-state index < -0.39 is 0 Å². The van der Waals surface area contributed by atoms with E-state index in [2.05, 4.69) is 5.32 Å². The van der Waals surface area contributed by atoms with E-state index in [0.29, 0.717) is 25.9 Å². The highest BCUT2D eigenvalue weighted by Gasteiger charge is 2.23. The van der Waals surface area contributed by atoms with E-state index in [-0.39, 0.29) is 30.4 Å². The van der Waals surface area contributed by atoms with E-state index in [9.17, 15) is 9.59 Å². The number of aliphatic hydroxyl groups excluding tert-OH is 1. The van der Waals surface area contributed by atoms with Gasteiger partial charge in [-0.25, -0.2) is 0 Å². The van der Waals surface area contributed by atoms with Crippen LogP contribution in [0.25, 0.3) is 0 Å². The van der Waals surface area contributed by atoms with Crippen molar-refractivity contribution in [1.82, 2.24) is 10.2 Å². The molecule has 0 aromatic heterocycles. The summed E-state index contributed by atoms with van der Waals surface area (Å²) in [5.74, 6) is 0.201. The molecule has 1 aliphatic rings. The molecule has 0 saturated carbocycles. The molecule has 5 heteroatoms. The van der Waals surface area contributed by atoms with Gasteiger partial charge in [0.15, 0.2) is 0 Å². The Hall–Kier alpha value is -1.10. The number of carbonyl (C=O) groups is 2. The molecule has 1 heterocycles. The third-order valence-electron chi connectivity index (χ3n) is 3.27. The molecular formula is C13H24N2O3. The normalized spacial score (nSPS) is 17.0. The van der Waals surface area contributed by atoms with Crippen molar-refractivity contribution < 1.29 is 14.7 Å². The van der Waals surface area contributed by atoms with Gasteiger partial charge in [-0.2, -0.15) is 0 Å². The van der Waals surface area contributed by atoms with Gasteiger partial charge in [-0.15, -0.1) is 0 Å². The van der Waals surface area contributed by atoms with E-state index in [1.807, 2.05) is 18.7 Å². The standard InChI is InChI=1S/C13H24N2O3/c1-10(2)13(18)14-11-5-7-15(8-6-11)12(17)4-3-9-16/h10-11,16H,3-9H2,1-2H3,(H,14,18). The van der Waals surface area contributed by atoms with Crippen LogP contribution in [0.15, 0.2) is 0 Å². The summed E-state index contributed by atoms with van der Waals surface area (Å²) in [5, 5.41) is 11.7. The molecular weight excluding hydrogens is 232 g/mol. The smallest absolute Gasteiger partial charge is 0.222 e. The second-order valence-corrected chi connectivity index (χ2v) is 5.15. The Balaban J connectivity index is 2.28. The largest absolute Gasteiger partial charge is 0.396 e. The predicted molar refractivity (Wildman–Crippen MR) is 68.9 cm³/mol. The Morgan fingerprint density at radius 3 is 2.44 bits per heavy atom. The second-order valence-electron chi connectivity index (χ2n) is 5.15. The second kappa shape index (κ2) is 7.36. The number of nitrogens with one attached hydrogen (secondary N) is 1. The molecule has 0 bridgehead atoms. The molecule has 1 aliphatic heterocycles. The van der Waals surface area contributed by atoms with Gasteiger partial charge in [0.2, 0.25) is 11.8 Å². The van der Waals surface area contributed by atoms with Gasteiger partial charge in [-0.05, 0) is 19.3 Å². The Bertz CT molecular complexity index is 284. The Morgan fingerprint density at radius 2 is 1.94 bits per heavy atom. The van der Waals surface area contributed by atoms with Gasteiger partial charge in [0.05, 0.1) is 0 Å². The maximum atomic E-state index is 11.7. The molecule has 5 nitrogen and oxygen atoms in total. The number of hydrogen-bond acceptors (Lipinski definition) is 3. The average molecular weight is 256 g/mol. The van der Waals surface area contributed by atoms with Crippen molar-refractivity contribution in [2.75, 3.05) is 19.7 Å². The highest BCUT2D eigenvalue weighted by Crippen LogP contribution is 2.12. The Morgan fingerprint density at radius 1 is 1.33 bits per heavy atom. The fourth-order valence-corrected chi connectivity index (χ4v) is 2.03. The van der Waals surface area contributed by atoms with Crippen LogP contribution in [-0.2, 0) is 9.59 Å². The molecule has 2 amide bonds. The number of likely N-dealkylation sites (tertiary alicyclic amines) is 1. The van der Waals surface area contributed by atoms with Crippen molar-refractivity contribution in [3.8, 4) is 0 Å². The average Bonchev–Trinajstić information content (AvgIpc) is 2.36. The van der Waals surface area contributed by atoms with Crippen LogP contribution in [0.4, 0.5) is 0 Å².